The van der Waals surface area contributed by atoms with Gasteiger partial charge < -0.3 is 10.5 Å². The fourth-order valence-electron chi connectivity index (χ4n) is 2.01. The molecule has 0 amide bonds. The summed E-state index contributed by atoms with van der Waals surface area (Å²) in [5.41, 5.74) is 10.2. The van der Waals surface area contributed by atoms with E-state index in [0.717, 1.165) is 17.9 Å². The van der Waals surface area contributed by atoms with Gasteiger partial charge in [-0.15, -0.1) is 0 Å². The Kier molecular flexibility index (Phi) is 3.88. The van der Waals surface area contributed by atoms with Crippen molar-refractivity contribution in [3.05, 3.63) is 59.2 Å². The summed E-state index contributed by atoms with van der Waals surface area (Å²) in [6.07, 6.45) is 0.924. The molecule has 2 aromatic rings. The summed E-state index contributed by atoms with van der Waals surface area (Å²) >= 11 is 0. The Morgan fingerprint density at radius 3 is 2.28 bits per heavy atom. The van der Waals surface area contributed by atoms with Gasteiger partial charge >= 0.3 is 0 Å². The molecule has 0 unspecified atom stereocenters. The quantitative estimate of drug-likeness (QED) is 0.831. The van der Waals surface area contributed by atoms with E-state index >= 15 is 0 Å². The minimum atomic E-state index is 0.706. The maximum Gasteiger partial charge on any atom is 0.122 e. The number of aryl methyl sites for hydroxylation is 1. The van der Waals surface area contributed by atoms with Crippen molar-refractivity contribution < 1.29 is 4.74 Å². The van der Waals surface area contributed by atoms with Gasteiger partial charge in [0.25, 0.3) is 0 Å². The molecule has 0 saturated carbocycles. The third-order valence-electron chi connectivity index (χ3n) is 2.93. The van der Waals surface area contributed by atoms with E-state index < -0.39 is 0 Å². The molecule has 0 bridgehead atoms. The number of hydrogen-bond donors (Lipinski definition) is 1. The van der Waals surface area contributed by atoms with E-state index in [1.165, 1.54) is 16.7 Å². The number of benzene rings is 2. The molecule has 0 aliphatic rings. The minimum Gasteiger partial charge on any atom is -0.494 e. The normalized spacial score (nSPS) is 10.3. The highest BCUT2D eigenvalue weighted by molar-refractivity contribution is 5.42. The molecular formula is C16H19NO. The first-order valence-corrected chi connectivity index (χ1v) is 6.26. The number of nitrogen functional groups attached to an aromatic ring is 1. The van der Waals surface area contributed by atoms with Gasteiger partial charge in [-0.05, 0) is 55.2 Å². The molecule has 0 spiro atoms. The van der Waals surface area contributed by atoms with Crippen molar-refractivity contribution in [1.29, 1.82) is 0 Å². The molecule has 0 saturated heterocycles. The summed E-state index contributed by atoms with van der Waals surface area (Å²) < 4.78 is 5.54. The lowest BCUT2D eigenvalue weighted by Gasteiger charge is -2.09. The van der Waals surface area contributed by atoms with Gasteiger partial charge in [-0.25, -0.2) is 0 Å². The van der Waals surface area contributed by atoms with Gasteiger partial charge in [-0.1, -0.05) is 24.3 Å². The van der Waals surface area contributed by atoms with Gasteiger partial charge in [0.15, 0.2) is 0 Å². The minimum absolute atomic E-state index is 0.706. The molecule has 2 aromatic carbocycles. The molecule has 2 N–H and O–H groups in total. The Balaban J connectivity index is 2.14. The molecular weight excluding hydrogens is 222 g/mol. The van der Waals surface area contributed by atoms with E-state index in [1.807, 2.05) is 25.1 Å². The van der Waals surface area contributed by atoms with Crippen molar-refractivity contribution in [2.45, 2.75) is 20.3 Å². The van der Waals surface area contributed by atoms with Crippen LogP contribution in [0, 0.1) is 6.92 Å². The van der Waals surface area contributed by atoms with E-state index in [-0.39, 0.29) is 0 Å². The van der Waals surface area contributed by atoms with Crippen LogP contribution in [0.3, 0.4) is 0 Å². The number of ether oxygens (including phenoxy) is 1. The van der Waals surface area contributed by atoms with Crippen LogP contribution >= 0.6 is 0 Å². The largest absolute Gasteiger partial charge is 0.494 e. The highest BCUT2D eigenvalue weighted by Gasteiger charge is 2.02. The summed E-state index contributed by atoms with van der Waals surface area (Å²) in [6, 6.07) is 14.4. The van der Waals surface area contributed by atoms with Crippen molar-refractivity contribution in [2.75, 3.05) is 12.3 Å². The second kappa shape index (κ2) is 5.58. The van der Waals surface area contributed by atoms with E-state index in [4.69, 9.17) is 10.5 Å². The van der Waals surface area contributed by atoms with Gasteiger partial charge in [-0.3, -0.25) is 0 Å². The molecule has 0 aliphatic heterocycles. The van der Waals surface area contributed by atoms with Crippen LogP contribution in [-0.2, 0) is 6.42 Å². The summed E-state index contributed by atoms with van der Waals surface area (Å²) in [6.45, 7) is 4.79. The number of anilines is 1. The zero-order valence-electron chi connectivity index (χ0n) is 10.9. The fraction of sp³-hybridized carbons (Fsp3) is 0.250. The van der Waals surface area contributed by atoms with Crippen LogP contribution in [0.15, 0.2) is 42.5 Å². The van der Waals surface area contributed by atoms with Crippen LogP contribution in [0.5, 0.6) is 5.75 Å². The SMILES string of the molecule is CCOc1ccc(Cc2ccc(N)cc2)cc1C. The van der Waals surface area contributed by atoms with Crippen LogP contribution in [0.25, 0.3) is 0 Å². The summed E-state index contributed by atoms with van der Waals surface area (Å²) in [5, 5.41) is 0. The second-order valence-corrected chi connectivity index (χ2v) is 4.45. The van der Waals surface area contributed by atoms with Crippen molar-refractivity contribution in [3.63, 3.8) is 0 Å². The lowest BCUT2D eigenvalue weighted by Crippen LogP contribution is -1.96. The first-order chi connectivity index (χ1) is 8.69. The van der Waals surface area contributed by atoms with Crippen LogP contribution in [0.4, 0.5) is 5.69 Å². The average Bonchev–Trinajstić information content (AvgIpc) is 2.36. The molecule has 2 rings (SSSR count). The Bertz CT molecular complexity index is 517. The molecule has 2 heteroatoms. The number of nitrogens with two attached hydrogens (primary N) is 1. The van der Waals surface area contributed by atoms with Crippen molar-refractivity contribution >= 4 is 5.69 Å². The number of rotatable bonds is 4. The molecule has 18 heavy (non-hydrogen) atoms. The lowest BCUT2D eigenvalue weighted by molar-refractivity contribution is 0.338. The van der Waals surface area contributed by atoms with Gasteiger partial charge in [0.1, 0.15) is 5.75 Å². The summed E-state index contributed by atoms with van der Waals surface area (Å²) in [5.74, 6) is 0.971. The maximum absolute atomic E-state index is 5.68. The summed E-state index contributed by atoms with van der Waals surface area (Å²) in [7, 11) is 0. The monoisotopic (exact) mass is 241 g/mol. The topological polar surface area (TPSA) is 35.2 Å². The molecule has 0 atom stereocenters. The maximum atomic E-state index is 5.68. The zero-order chi connectivity index (χ0) is 13.0. The first kappa shape index (κ1) is 12.5. The van der Waals surface area contributed by atoms with E-state index in [2.05, 4.69) is 31.2 Å². The van der Waals surface area contributed by atoms with Crippen molar-refractivity contribution in [2.24, 2.45) is 0 Å². The first-order valence-electron chi connectivity index (χ1n) is 6.26. The average molecular weight is 241 g/mol. The van der Waals surface area contributed by atoms with Crippen molar-refractivity contribution in [3.8, 4) is 5.75 Å². The third kappa shape index (κ3) is 3.04. The Morgan fingerprint density at radius 1 is 1.00 bits per heavy atom. The zero-order valence-corrected chi connectivity index (χ0v) is 10.9. The van der Waals surface area contributed by atoms with Crippen LogP contribution in [0.1, 0.15) is 23.6 Å². The molecule has 0 aliphatic carbocycles. The molecule has 94 valence electrons. The lowest BCUT2D eigenvalue weighted by atomic mass is 10.0. The highest BCUT2D eigenvalue weighted by atomic mass is 16.5. The smallest absolute Gasteiger partial charge is 0.122 e. The Morgan fingerprint density at radius 2 is 1.67 bits per heavy atom. The molecule has 0 aromatic heterocycles. The Hall–Kier alpha value is -1.96. The third-order valence-corrected chi connectivity index (χ3v) is 2.93. The number of hydrogen-bond acceptors (Lipinski definition) is 2. The fourth-order valence-corrected chi connectivity index (χ4v) is 2.01. The predicted molar refractivity (Wildman–Crippen MR) is 76.0 cm³/mol. The summed E-state index contributed by atoms with van der Waals surface area (Å²) in [4.78, 5) is 0. The van der Waals surface area contributed by atoms with Gasteiger partial charge in [0.05, 0.1) is 6.61 Å². The van der Waals surface area contributed by atoms with Crippen LogP contribution in [-0.4, -0.2) is 6.61 Å². The molecule has 0 fully saturated rings. The Labute approximate surface area is 108 Å². The van der Waals surface area contributed by atoms with Gasteiger partial charge in [0, 0.05) is 5.69 Å². The van der Waals surface area contributed by atoms with E-state index in [0.29, 0.717) is 6.61 Å². The van der Waals surface area contributed by atoms with Gasteiger partial charge in [-0.2, -0.15) is 0 Å². The van der Waals surface area contributed by atoms with Crippen molar-refractivity contribution in [1.82, 2.24) is 0 Å². The van der Waals surface area contributed by atoms with Crippen LogP contribution in [0.2, 0.25) is 0 Å². The molecule has 0 radical (unpaired) electrons. The molecule has 0 heterocycles. The standard InChI is InChI=1S/C16H19NO/c1-3-18-16-9-6-14(10-12(16)2)11-13-4-7-15(17)8-5-13/h4-10H,3,11,17H2,1-2H3. The van der Waals surface area contributed by atoms with E-state index in [1.54, 1.807) is 0 Å². The second-order valence-electron chi connectivity index (χ2n) is 4.45. The molecule has 2 nitrogen and oxygen atoms in total. The highest BCUT2D eigenvalue weighted by Crippen LogP contribution is 2.21. The van der Waals surface area contributed by atoms with E-state index in [9.17, 15) is 0 Å². The van der Waals surface area contributed by atoms with Gasteiger partial charge in [0.2, 0.25) is 0 Å². The predicted octanol–water partition coefficient (Wildman–Crippen LogP) is 3.57. The van der Waals surface area contributed by atoms with Crippen LogP contribution < -0.4 is 10.5 Å².